The summed E-state index contributed by atoms with van der Waals surface area (Å²) in [4.78, 5) is 18.3. The number of carbonyl (C=O) groups is 1. The van der Waals surface area contributed by atoms with Gasteiger partial charge in [0.05, 0.1) is 0 Å². The van der Waals surface area contributed by atoms with Crippen molar-refractivity contribution in [1.82, 2.24) is 15.2 Å². The summed E-state index contributed by atoms with van der Waals surface area (Å²) in [6.45, 7) is 4.91. The Morgan fingerprint density at radius 1 is 1.45 bits per heavy atom. The third kappa shape index (κ3) is 4.96. The van der Waals surface area contributed by atoms with Crippen LogP contribution in [-0.4, -0.2) is 42.5 Å². The Hall–Kier alpha value is -1.37. The standard InChI is InChI=1S/C13H22ClN5O/c1-8(2)10(7-19(3)4)16-13(20)9-5-11(14)17-12(6-9)18-15/h5-6,8,10H,7,15H2,1-4H3,(H,16,20)(H,17,18). The van der Waals surface area contributed by atoms with Crippen molar-refractivity contribution < 1.29 is 4.79 Å². The highest BCUT2D eigenvalue weighted by Gasteiger charge is 2.18. The molecule has 1 amide bonds. The summed E-state index contributed by atoms with van der Waals surface area (Å²) in [5.41, 5.74) is 2.82. The second-order valence-electron chi connectivity index (χ2n) is 5.29. The van der Waals surface area contributed by atoms with Gasteiger partial charge in [-0.1, -0.05) is 25.4 Å². The zero-order valence-corrected chi connectivity index (χ0v) is 13.0. The molecular formula is C13H22ClN5O. The predicted molar refractivity (Wildman–Crippen MR) is 81.7 cm³/mol. The van der Waals surface area contributed by atoms with Gasteiger partial charge in [0.15, 0.2) is 0 Å². The number of halogens is 1. The van der Waals surface area contributed by atoms with E-state index in [1.165, 1.54) is 6.07 Å². The zero-order valence-electron chi connectivity index (χ0n) is 12.3. The quantitative estimate of drug-likeness (QED) is 0.419. The maximum Gasteiger partial charge on any atom is 0.251 e. The third-order valence-corrected chi connectivity index (χ3v) is 3.08. The number of likely N-dealkylation sites (N-methyl/N-ethyl adjacent to an activating group) is 1. The number of aromatic nitrogens is 1. The van der Waals surface area contributed by atoms with Gasteiger partial charge in [0, 0.05) is 18.2 Å². The molecule has 7 heteroatoms. The van der Waals surface area contributed by atoms with E-state index in [0.29, 0.717) is 17.3 Å². The Bertz CT molecular complexity index is 464. The Labute approximate surface area is 124 Å². The zero-order chi connectivity index (χ0) is 15.3. The molecule has 0 fully saturated rings. The first-order valence-electron chi connectivity index (χ1n) is 6.43. The average molecular weight is 300 g/mol. The summed E-state index contributed by atoms with van der Waals surface area (Å²) in [5.74, 6) is 5.79. The van der Waals surface area contributed by atoms with Gasteiger partial charge >= 0.3 is 0 Å². The highest BCUT2D eigenvalue weighted by molar-refractivity contribution is 6.29. The lowest BCUT2D eigenvalue weighted by atomic mass is 10.0. The summed E-state index contributed by atoms with van der Waals surface area (Å²) < 4.78 is 0. The molecule has 0 aliphatic rings. The van der Waals surface area contributed by atoms with E-state index in [1.807, 2.05) is 19.0 Å². The first kappa shape index (κ1) is 16.7. The van der Waals surface area contributed by atoms with Crippen molar-refractivity contribution in [2.24, 2.45) is 11.8 Å². The van der Waals surface area contributed by atoms with Crippen molar-refractivity contribution >= 4 is 23.3 Å². The average Bonchev–Trinajstić information content (AvgIpc) is 2.36. The van der Waals surface area contributed by atoms with Gasteiger partial charge in [-0.05, 0) is 32.1 Å². The van der Waals surface area contributed by atoms with E-state index in [2.05, 4.69) is 29.6 Å². The van der Waals surface area contributed by atoms with E-state index in [0.717, 1.165) is 6.54 Å². The molecular weight excluding hydrogens is 278 g/mol. The maximum atomic E-state index is 12.3. The smallest absolute Gasteiger partial charge is 0.251 e. The van der Waals surface area contributed by atoms with Crippen LogP contribution in [0.5, 0.6) is 0 Å². The van der Waals surface area contributed by atoms with Gasteiger partial charge in [-0.2, -0.15) is 0 Å². The van der Waals surface area contributed by atoms with E-state index < -0.39 is 0 Å². The molecule has 1 atom stereocenters. The maximum absolute atomic E-state index is 12.3. The molecule has 0 spiro atoms. The Morgan fingerprint density at radius 2 is 2.10 bits per heavy atom. The van der Waals surface area contributed by atoms with Crippen molar-refractivity contribution in [3.63, 3.8) is 0 Å². The Balaban J connectivity index is 2.85. The number of hydrazine groups is 1. The Kier molecular flexibility index (Phi) is 6.19. The van der Waals surface area contributed by atoms with Crippen molar-refractivity contribution in [1.29, 1.82) is 0 Å². The van der Waals surface area contributed by atoms with E-state index >= 15 is 0 Å². The molecule has 20 heavy (non-hydrogen) atoms. The number of hydrogen-bond acceptors (Lipinski definition) is 5. The summed E-state index contributed by atoms with van der Waals surface area (Å²) in [7, 11) is 3.95. The summed E-state index contributed by atoms with van der Waals surface area (Å²) in [5, 5.41) is 3.23. The lowest BCUT2D eigenvalue weighted by Crippen LogP contribution is -2.45. The lowest BCUT2D eigenvalue weighted by Gasteiger charge is -2.25. The number of nitrogens with one attached hydrogen (secondary N) is 2. The minimum absolute atomic E-state index is 0.0544. The number of nitrogens with two attached hydrogens (primary N) is 1. The van der Waals surface area contributed by atoms with Crippen LogP contribution < -0.4 is 16.6 Å². The molecule has 1 aromatic heterocycles. The van der Waals surface area contributed by atoms with Crippen molar-refractivity contribution in [2.75, 3.05) is 26.1 Å². The number of hydrogen-bond donors (Lipinski definition) is 3. The largest absolute Gasteiger partial charge is 0.348 e. The first-order chi connectivity index (χ1) is 9.33. The Morgan fingerprint density at radius 3 is 2.60 bits per heavy atom. The van der Waals surface area contributed by atoms with Crippen LogP contribution in [0.15, 0.2) is 12.1 Å². The van der Waals surface area contributed by atoms with Gasteiger partial charge < -0.3 is 15.6 Å². The highest BCUT2D eigenvalue weighted by Crippen LogP contribution is 2.14. The number of carbonyl (C=O) groups excluding carboxylic acids is 1. The molecule has 1 unspecified atom stereocenters. The lowest BCUT2D eigenvalue weighted by molar-refractivity contribution is 0.0916. The minimum atomic E-state index is -0.189. The van der Waals surface area contributed by atoms with E-state index in [-0.39, 0.29) is 17.1 Å². The fourth-order valence-electron chi connectivity index (χ4n) is 1.77. The molecule has 0 radical (unpaired) electrons. The van der Waals surface area contributed by atoms with Crippen LogP contribution in [-0.2, 0) is 0 Å². The molecule has 0 aliphatic heterocycles. The van der Waals surface area contributed by atoms with Crippen LogP contribution in [0.2, 0.25) is 5.15 Å². The molecule has 0 saturated heterocycles. The van der Waals surface area contributed by atoms with Crippen molar-refractivity contribution in [3.8, 4) is 0 Å². The first-order valence-corrected chi connectivity index (χ1v) is 6.81. The van der Waals surface area contributed by atoms with Gasteiger partial charge in [0.1, 0.15) is 11.0 Å². The molecule has 1 aromatic rings. The monoisotopic (exact) mass is 299 g/mol. The van der Waals surface area contributed by atoms with Gasteiger partial charge in [0.25, 0.3) is 5.91 Å². The fraction of sp³-hybridized carbons (Fsp3) is 0.538. The molecule has 0 aromatic carbocycles. The predicted octanol–water partition coefficient (Wildman–Crippen LogP) is 1.34. The van der Waals surface area contributed by atoms with Gasteiger partial charge in [0.2, 0.25) is 0 Å². The molecule has 0 bridgehead atoms. The number of anilines is 1. The fourth-order valence-corrected chi connectivity index (χ4v) is 1.98. The van der Waals surface area contributed by atoms with E-state index in [1.54, 1.807) is 6.07 Å². The molecule has 4 N–H and O–H groups in total. The summed E-state index contributed by atoms with van der Waals surface area (Å²) in [6, 6.07) is 3.14. The molecule has 112 valence electrons. The topological polar surface area (TPSA) is 83.3 Å². The highest BCUT2D eigenvalue weighted by atomic mass is 35.5. The van der Waals surface area contributed by atoms with Crippen molar-refractivity contribution in [3.05, 3.63) is 22.8 Å². The molecule has 0 aliphatic carbocycles. The van der Waals surface area contributed by atoms with Crippen LogP contribution >= 0.6 is 11.6 Å². The summed E-state index contributed by atoms with van der Waals surface area (Å²) >= 11 is 5.86. The second kappa shape index (κ2) is 7.42. The van der Waals surface area contributed by atoms with Crippen LogP contribution in [0.4, 0.5) is 5.82 Å². The van der Waals surface area contributed by atoms with Crippen LogP contribution in [0.1, 0.15) is 24.2 Å². The van der Waals surface area contributed by atoms with Gasteiger partial charge in [-0.15, -0.1) is 0 Å². The summed E-state index contributed by atoms with van der Waals surface area (Å²) in [6.07, 6.45) is 0. The molecule has 6 nitrogen and oxygen atoms in total. The van der Waals surface area contributed by atoms with Crippen molar-refractivity contribution in [2.45, 2.75) is 19.9 Å². The molecule has 0 saturated carbocycles. The second-order valence-corrected chi connectivity index (χ2v) is 5.68. The normalized spacial score (nSPS) is 12.6. The van der Waals surface area contributed by atoms with E-state index in [9.17, 15) is 4.79 Å². The van der Waals surface area contributed by atoms with Gasteiger partial charge in [-0.25, -0.2) is 10.8 Å². The minimum Gasteiger partial charge on any atom is -0.348 e. The number of amides is 1. The number of nitrogens with zero attached hydrogens (tertiary/aromatic N) is 2. The van der Waals surface area contributed by atoms with Crippen LogP contribution in [0.25, 0.3) is 0 Å². The molecule has 1 rings (SSSR count). The number of nitrogen functional groups attached to an aromatic ring is 1. The number of pyridine rings is 1. The van der Waals surface area contributed by atoms with Crippen LogP contribution in [0, 0.1) is 5.92 Å². The SMILES string of the molecule is CC(C)C(CN(C)C)NC(=O)c1cc(Cl)nc(NN)c1. The van der Waals surface area contributed by atoms with Crippen LogP contribution in [0.3, 0.4) is 0 Å². The third-order valence-electron chi connectivity index (χ3n) is 2.89. The molecule has 1 heterocycles. The number of rotatable bonds is 6. The van der Waals surface area contributed by atoms with Gasteiger partial charge in [-0.3, -0.25) is 4.79 Å². The van der Waals surface area contributed by atoms with E-state index in [4.69, 9.17) is 17.4 Å².